The third-order valence-electron chi connectivity index (χ3n) is 10.5. The minimum atomic E-state index is 0.892. The average molecular weight is 690 g/mol. The maximum Gasteiger partial charge on any atom is 0.143 e. The number of para-hydroxylation sites is 2. The second-order valence-electron chi connectivity index (χ2n) is 13.7. The Kier molecular flexibility index (Phi) is 7.85. The summed E-state index contributed by atoms with van der Waals surface area (Å²) in [5.41, 5.74) is 14.6. The highest BCUT2D eigenvalue weighted by Gasteiger charge is 2.18. The highest BCUT2D eigenvalue weighted by molar-refractivity contribution is 6.18. The first-order valence-electron chi connectivity index (χ1n) is 18.4. The zero-order valence-corrected chi connectivity index (χ0v) is 29.6. The second-order valence-corrected chi connectivity index (χ2v) is 13.7. The van der Waals surface area contributed by atoms with Crippen LogP contribution in [0.1, 0.15) is 0 Å². The van der Waals surface area contributed by atoms with Gasteiger partial charge in [-0.15, -0.1) is 0 Å². The van der Waals surface area contributed by atoms with Crippen molar-refractivity contribution in [3.05, 3.63) is 212 Å². The third kappa shape index (κ3) is 5.71. The molecule has 9 aromatic carbocycles. The molecule has 0 saturated heterocycles. The van der Waals surface area contributed by atoms with Gasteiger partial charge in [-0.1, -0.05) is 158 Å². The summed E-state index contributed by atoms with van der Waals surface area (Å²) in [4.78, 5) is 2.29. The Hall–Kier alpha value is -7.16. The van der Waals surface area contributed by atoms with E-state index in [0.29, 0.717) is 0 Å². The standard InChI is InChI=1S/C52H35NO/c1-4-12-36(13-5-1)37-24-26-41(27-25-37)51-47-19-11-10-14-43(47)35-49-48-34-42(30-33-50(48)54-52(49)51)40-22-20-38(21-23-40)39-28-31-46(32-29-39)53(44-15-6-2-7-16-44)45-17-8-3-9-18-45/h1-35H. The van der Waals surface area contributed by atoms with Crippen molar-refractivity contribution in [3.63, 3.8) is 0 Å². The quantitative estimate of drug-likeness (QED) is 0.166. The monoisotopic (exact) mass is 689 g/mol. The molecular formula is C52H35NO. The van der Waals surface area contributed by atoms with Gasteiger partial charge in [0.1, 0.15) is 11.2 Å². The molecule has 0 fully saturated rings. The summed E-state index contributed by atoms with van der Waals surface area (Å²) in [6, 6.07) is 75.6. The van der Waals surface area contributed by atoms with Crippen LogP contribution in [-0.2, 0) is 0 Å². The molecule has 0 spiro atoms. The summed E-state index contributed by atoms with van der Waals surface area (Å²) in [7, 11) is 0. The Balaban J connectivity index is 0.985. The molecule has 0 amide bonds. The first-order chi connectivity index (χ1) is 26.8. The number of fused-ring (bicyclic) bond motifs is 4. The van der Waals surface area contributed by atoms with Gasteiger partial charge in [0, 0.05) is 33.4 Å². The number of benzene rings is 9. The van der Waals surface area contributed by atoms with Crippen molar-refractivity contribution >= 4 is 49.8 Å². The van der Waals surface area contributed by atoms with Crippen LogP contribution in [-0.4, -0.2) is 0 Å². The Morgan fingerprint density at radius 3 is 1.35 bits per heavy atom. The maximum absolute atomic E-state index is 6.71. The molecule has 0 saturated carbocycles. The van der Waals surface area contributed by atoms with E-state index >= 15 is 0 Å². The van der Waals surface area contributed by atoms with Gasteiger partial charge in [0.2, 0.25) is 0 Å². The largest absolute Gasteiger partial charge is 0.455 e. The van der Waals surface area contributed by atoms with E-state index in [2.05, 4.69) is 217 Å². The molecule has 2 heteroatoms. The van der Waals surface area contributed by atoms with Crippen LogP contribution in [0, 0.1) is 0 Å². The molecular weight excluding hydrogens is 655 g/mol. The number of hydrogen-bond donors (Lipinski definition) is 0. The normalized spacial score (nSPS) is 11.3. The molecule has 0 aliphatic heterocycles. The number of rotatable bonds is 7. The topological polar surface area (TPSA) is 16.4 Å². The van der Waals surface area contributed by atoms with Crippen molar-refractivity contribution < 1.29 is 4.42 Å². The summed E-state index contributed by atoms with van der Waals surface area (Å²) in [6.07, 6.45) is 0. The third-order valence-corrected chi connectivity index (χ3v) is 10.5. The van der Waals surface area contributed by atoms with Gasteiger partial charge in [0.05, 0.1) is 0 Å². The van der Waals surface area contributed by atoms with Crippen LogP contribution in [0.2, 0.25) is 0 Å². The molecule has 0 atom stereocenters. The van der Waals surface area contributed by atoms with E-state index < -0.39 is 0 Å². The van der Waals surface area contributed by atoms with Crippen LogP contribution in [0.15, 0.2) is 217 Å². The summed E-state index contributed by atoms with van der Waals surface area (Å²) in [5, 5.41) is 4.64. The van der Waals surface area contributed by atoms with Crippen molar-refractivity contribution in [3.8, 4) is 44.5 Å². The Bertz CT molecular complexity index is 2840. The highest BCUT2D eigenvalue weighted by Crippen LogP contribution is 2.43. The zero-order valence-electron chi connectivity index (χ0n) is 29.6. The van der Waals surface area contributed by atoms with Crippen molar-refractivity contribution in [2.45, 2.75) is 0 Å². The highest BCUT2D eigenvalue weighted by atomic mass is 16.3. The first kappa shape index (κ1) is 31.6. The average Bonchev–Trinajstić information content (AvgIpc) is 3.62. The summed E-state index contributed by atoms with van der Waals surface area (Å²) >= 11 is 0. The van der Waals surface area contributed by atoms with Gasteiger partial charge < -0.3 is 9.32 Å². The van der Waals surface area contributed by atoms with E-state index in [0.717, 1.165) is 55.7 Å². The molecule has 1 aromatic heterocycles. The lowest BCUT2D eigenvalue weighted by molar-refractivity contribution is 0.670. The van der Waals surface area contributed by atoms with Crippen molar-refractivity contribution in [1.29, 1.82) is 0 Å². The van der Waals surface area contributed by atoms with Crippen molar-refractivity contribution in [2.24, 2.45) is 0 Å². The molecule has 2 nitrogen and oxygen atoms in total. The van der Waals surface area contributed by atoms with Crippen LogP contribution < -0.4 is 4.90 Å². The van der Waals surface area contributed by atoms with Crippen molar-refractivity contribution in [2.75, 3.05) is 4.90 Å². The van der Waals surface area contributed by atoms with Gasteiger partial charge in [-0.3, -0.25) is 0 Å². The molecule has 1 heterocycles. The maximum atomic E-state index is 6.71. The molecule has 0 aliphatic carbocycles. The minimum absolute atomic E-state index is 0.892. The predicted molar refractivity (Wildman–Crippen MR) is 228 cm³/mol. The van der Waals surface area contributed by atoms with Crippen LogP contribution in [0.5, 0.6) is 0 Å². The molecule has 0 radical (unpaired) electrons. The molecule has 254 valence electrons. The summed E-state index contributed by atoms with van der Waals surface area (Å²) in [6.45, 7) is 0. The summed E-state index contributed by atoms with van der Waals surface area (Å²) in [5.74, 6) is 0. The lowest BCUT2D eigenvalue weighted by Crippen LogP contribution is -2.09. The molecule has 10 aromatic rings. The van der Waals surface area contributed by atoms with Gasteiger partial charge in [0.25, 0.3) is 0 Å². The Morgan fingerprint density at radius 1 is 0.296 bits per heavy atom. The van der Waals surface area contributed by atoms with Crippen LogP contribution in [0.3, 0.4) is 0 Å². The predicted octanol–water partition coefficient (Wildman–Crippen LogP) is 14.9. The fourth-order valence-corrected chi connectivity index (χ4v) is 7.76. The van der Waals surface area contributed by atoms with Crippen LogP contribution in [0.25, 0.3) is 77.2 Å². The van der Waals surface area contributed by atoms with E-state index in [1.54, 1.807) is 0 Å². The van der Waals surface area contributed by atoms with Gasteiger partial charge in [-0.2, -0.15) is 0 Å². The molecule has 54 heavy (non-hydrogen) atoms. The lowest BCUT2D eigenvalue weighted by atomic mass is 9.93. The van der Waals surface area contributed by atoms with E-state index in [4.69, 9.17) is 4.42 Å². The first-order valence-corrected chi connectivity index (χ1v) is 18.4. The number of furan rings is 1. The lowest BCUT2D eigenvalue weighted by Gasteiger charge is -2.25. The number of hydrogen-bond acceptors (Lipinski definition) is 2. The molecule has 0 N–H and O–H groups in total. The van der Waals surface area contributed by atoms with Gasteiger partial charge in [0.15, 0.2) is 0 Å². The zero-order chi connectivity index (χ0) is 35.8. The fraction of sp³-hybridized carbons (Fsp3) is 0. The Morgan fingerprint density at radius 2 is 0.741 bits per heavy atom. The fourth-order valence-electron chi connectivity index (χ4n) is 7.76. The van der Waals surface area contributed by atoms with Crippen LogP contribution in [0.4, 0.5) is 17.1 Å². The van der Waals surface area contributed by atoms with Gasteiger partial charge in [-0.25, -0.2) is 0 Å². The molecule has 10 rings (SSSR count). The van der Waals surface area contributed by atoms with Crippen molar-refractivity contribution in [1.82, 2.24) is 0 Å². The van der Waals surface area contributed by atoms with Crippen LogP contribution >= 0.6 is 0 Å². The molecule has 0 bridgehead atoms. The summed E-state index contributed by atoms with van der Waals surface area (Å²) < 4.78 is 6.71. The Labute approximate surface area is 314 Å². The van der Waals surface area contributed by atoms with E-state index in [9.17, 15) is 0 Å². The van der Waals surface area contributed by atoms with E-state index in [-0.39, 0.29) is 0 Å². The number of anilines is 3. The van der Waals surface area contributed by atoms with E-state index in [1.165, 1.54) is 38.6 Å². The smallest absolute Gasteiger partial charge is 0.143 e. The van der Waals surface area contributed by atoms with E-state index in [1.807, 2.05) is 0 Å². The van der Waals surface area contributed by atoms with Gasteiger partial charge in [-0.05, 0) is 104 Å². The molecule has 0 aliphatic rings. The minimum Gasteiger partial charge on any atom is -0.455 e. The number of nitrogens with zero attached hydrogens (tertiary/aromatic N) is 1. The SMILES string of the molecule is c1ccc(-c2ccc(-c3c4ccccc4cc4c3oc3ccc(-c5ccc(-c6ccc(N(c7ccccc7)c7ccccc7)cc6)cc5)cc34)cc2)cc1. The van der Waals surface area contributed by atoms with Gasteiger partial charge >= 0.3 is 0 Å². The second kappa shape index (κ2) is 13.4. The molecule has 0 unspecified atom stereocenters.